The van der Waals surface area contributed by atoms with Crippen molar-refractivity contribution in [2.75, 3.05) is 23.9 Å². The summed E-state index contributed by atoms with van der Waals surface area (Å²) in [5, 5.41) is 0. The van der Waals surface area contributed by atoms with Gasteiger partial charge in [-0.05, 0) is 12.1 Å². The van der Waals surface area contributed by atoms with Gasteiger partial charge in [-0.3, -0.25) is 4.98 Å². The maximum absolute atomic E-state index is 12.2. The van der Waals surface area contributed by atoms with E-state index in [1.54, 1.807) is 29.4 Å². The zero-order valence-corrected chi connectivity index (χ0v) is 8.29. The molecule has 1 heterocycles. The smallest absolute Gasteiger partial charge is 0.255 e. The molecule has 0 aliphatic carbocycles. The Labute approximate surface area is 86.5 Å². The minimum absolute atomic E-state index is 0.295. The molecule has 0 atom stereocenters. The van der Waals surface area contributed by atoms with E-state index in [0.29, 0.717) is 12.4 Å². The molecule has 5 heteroatoms. The Bertz CT molecular complexity index is 256. The van der Waals surface area contributed by atoms with Crippen LogP contribution in [0.15, 0.2) is 24.5 Å². The normalized spacial score (nSPS) is 10.6. The first-order chi connectivity index (χ1) is 6.74. The molecule has 0 aliphatic rings. The van der Waals surface area contributed by atoms with E-state index in [9.17, 15) is 8.78 Å². The Balaban J connectivity index is 2.67. The first-order valence-corrected chi connectivity index (χ1v) is 4.76. The maximum atomic E-state index is 12.2. The number of anilines is 1. The van der Waals surface area contributed by atoms with Gasteiger partial charge in [0.2, 0.25) is 0 Å². The molecule has 0 aromatic carbocycles. The second-order valence-corrected chi connectivity index (χ2v) is 3.11. The van der Waals surface area contributed by atoms with Gasteiger partial charge >= 0.3 is 0 Å². The van der Waals surface area contributed by atoms with E-state index in [-0.39, 0.29) is 6.54 Å². The second-order valence-electron chi connectivity index (χ2n) is 2.73. The van der Waals surface area contributed by atoms with E-state index >= 15 is 0 Å². The van der Waals surface area contributed by atoms with E-state index in [0.717, 1.165) is 5.69 Å². The van der Waals surface area contributed by atoms with Crippen molar-refractivity contribution < 1.29 is 8.78 Å². The van der Waals surface area contributed by atoms with Crippen molar-refractivity contribution in [2.24, 2.45) is 0 Å². The Morgan fingerprint density at radius 2 is 2.00 bits per heavy atom. The van der Waals surface area contributed by atoms with Gasteiger partial charge in [0.1, 0.15) is 0 Å². The minimum Gasteiger partial charge on any atom is -0.365 e. The molecule has 2 nitrogen and oxygen atoms in total. The minimum atomic E-state index is -2.36. The molecule has 1 rings (SSSR count). The average Bonchev–Trinajstić information content (AvgIpc) is 2.18. The monoisotopic (exact) mass is 220 g/mol. The van der Waals surface area contributed by atoms with Crippen molar-refractivity contribution in [3.05, 3.63) is 24.5 Å². The summed E-state index contributed by atoms with van der Waals surface area (Å²) in [6.45, 7) is 0.118. The number of aromatic nitrogens is 1. The van der Waals surface area contributed by atoms with Crippen LogP contribution in [0.25, 0.3) is 0 Å². The van der Waals surface area contributed by atoms with E-state index in [4.69, 9.17) is 11.6 Å². The number of hydrogen-bond donors (Lipinski definition) is 0. The molecule has 0 unspecified atom stereocenters. The Morgan fingerprint density at radius 1 is 1.36 bits per heavy atom. The quantitative estimate of drug-likeness (QED) is 0.709. The summed E-state index contributed by atoms with van der Waals surface area (Å²) in [6, 6.07) is 3.38. The van der Waals surface area contributed by atoms with E-state index in [1.807, 2.05) is 0 Å². The standard InChI is InChI=1S/C9H11ClF2N2/c10-3-6-14(7-9(11)12)8-1-4-13-5-2-8/h1-2,4-5,9H,3,6-7H2. The van der Waals surface area contributed by atoms with Gasteiger partial charge in [-0.25, -0.2) is 8.78 Å². The fourth-order valence-corrected chi connectivity index (χ4v) is 1.35. The topological polar surface area (TPSA) is 16.1 Å². The molecule has 1 aromatic heterocycles. The van der Waals surface area contributed by atoms with Crippen LogP contribution in [0, 0.1) is 0 Å². The predicted octanol–water partition coefficient (Wildman–Crippen LogP) is 2.39. The highest BCUT2D eigenvalue weighted by molar-refractivity contribution is 6.18. The van der Waals surface area contributed by atoms with Gasteiger partial charge in [0.05, 0.1) is 6.54 Å². The fraction of sp³-hybridized carbons (Fsp3) is 0.444. The number of nitrogens with zero attached hydrogens (tertiary/aromatic N) is 2. The van der Waals surface area contributed by atoms with Crippen LogP contribution in [-0.2, 0) is 0 Å². The van der Waals surface area contributed by atoms with Crippen LogP contribution in [0.5, 0.6) is 0 Å². The summed E-state index contributed by atoms with van der Waals surface area (Å²) >= 11 is 5.53. The third kappa shape index (κ3) is 3.46. The summed E-state index contributed by atoms with van der Waals surface area (Å²) in [5.74, 6) is 0.328. The Kier molecular flexibility index (Phi) is 4.59. The molecule has 0 spiro atoms. The lowest BCUT2D eigenvalue weighted by Gasteiger charge is -2.22. The number of rotatable bonds is 5. The zero-order valence-electron chi connectivity index (χ0n) is 7.54. The molecule has 0 bridgehead atoms. The van der Waals surface area contributed by atoms with Gasteiger partial charge < -0.3 is 4.90 Å². The third-order valence-corrected chi connectivity index (χ3v) is 1.91. The molecule has 0 saturated heterocycles. The maximum Gasteiger partial charge on any atom is 0.255 e. The zero-order chi connectivity index (χ0) is 10.4. The number of alkyl halides is 3. The van der Waals surface area contributed by atoms with E-state index < -0.39 is 6.43 Å². The summed E-state index contributed by atoms with van der Waals surface area (Å²) < 4.78 is 24.4. The first kappa shape index (κ1) is 11.2. The first-order valence-electron chi connectivity index (χ1n) is 4.23. The summed E-state index contributed by atoms with van der Waals surface area (Å²) in [5.41, 5.74) is 0.723. The molecule has 0 amide bonds. The van der Waals surface area contributed by atoms with Crippen LogP contribution >= 0.6 is 11.6 Å². The molecule has 1 aromatic rings. The van der Waals surface area contributed by atoms with Crippen molar-refractivity contribution in [3.63, 3.8) is 0 Å². The Hall–Kier alpha value is -0.900. The highest BCUT2D eigenvalue weighted by atomic mass is 35.5. The van der Waals surface area contributed by atoms with Crippen molar-refractivity contribution in [1.29, 1.82) is 0 Å². The van der Waals surface area contributed by atoms with Crippen LogP contribution in [0.3, 0.4) is 0 Å². The fourth-order valence-electron chi connectivity index (χ4n) is 1.15. The summed E-state index contributed by atoms with van der Waals surface area (Å²) in [7, 11) is 0. The SMILES string of the molecule is FC(F)CN(CCCl)c1ccncc1. The van der Waals surface area contributed by atoms with Gasteiger partial charge in [-0.15, -0.1) is 11.6 Å². The van der Waals surface area contributed by atoms with Crippen LogP contribution in [0.4, 0.5) is 14.5 Å². The number of halogens is 3. The molecule has 0 fully saturated rings. The van der Waals surface area contributed by atoms with Crippen LogP contribution in [0.1, 0.15) is 0 Å². The molecule has 0 saturated carbocycles. The predicted molar refractivity (Wildman–Crippen MR) is 53.2 cm³/mol. The lowest BCUT2D eigenvalue weighted by atomic mass is 10.3. The molecule has 0 radical (unpaired) electrons. The lowest BCUT2D eigenvalue weighted by molar-refractivity contribution is 0.155. The molecule has 0 N–H and O–H groups in total. The molecular weight excluding hydrogens is 210 g/mol. The van der Waals surface area contributed by atoms with Gasteiger partial charge in [0.25, 0.3) is 6.43 Å². The molecule has 14 heavy (non-hydrogen) atoms. The summed E-state index contributed by atoms with van der Waals surface area (Å²) in [4.78, 5) is 5.36. The van der Waals surface area contributed by atoms with Crippen LogP contribution < -0.4 is 4.90 Å². The van der Waals surface area contributed by atoms with Crippen molar-refractivity contribution in [2.45, 2.75) is 6.43 Å². The third-order valence-electron chi connectivity index (χ3n) is 1.74. The highest BCUT2D eigenvalue weighted by Gasteiger charge is 2.11. The van der Waals surface area contributed by atoms with E-state index in [1.165, 1.54) is 0 Å². The lowest BCUT2D eigenvalue weighted by Crippen LogP contribution is -2.30. The van der Waals surface area contributed by atoms with E-state index in [2.05, 4.69) is 4.98 Å². The van der Waals surface area contributed by atoms with Crippen molar-refractivity contribution in [3.8, 4) is 0 Å². The number of hydrogen-bond acceptors (Lipinski definition) is 2. The van der Waals surface area contributed by atoms with Gasteiger partial charge in [-0.2, -0.15) is 0 Å². The van der Waals surface area contributed by atoms with Crippen molar-refractivity contribution >= 4 is 17.3 Å². The molecular formula is C9H11ClF2N2. The average molecular weight is 221 g/mol. The largest absolute Gasteiger partial charge is 0.365 e. The van der Waals surface area contributed by atoms with Crippen LogP contribution in [-0.4, -0.2) is 30.4 Å². The van der Waals surface area contributed by atoms with Gasteiger partial charge in [-0.1, -0.05) is 0 Å². The van der Waals surface area contributed by atoms with Crippen LogP contribution in [0.2, 0.25) is 0 Å². The second kappa shape index (κ2) is 5.75. The van der Waals surface area contributed by atoms with Gasteiger partial charge in [0, 0.05) is 30.5 Å². The Morgan fingerprint density at radius 3 is 2.50 bits per heavy atom. The molecule has 78 valence electrons. The van der Waals surface area contributed by atoms with Gasteiger partial charge in [0.15, 0.2) is 0 Å². The summed E-state index contributed by atoms with van der Waals surface area (Å²) in [6.07, 6.45) is 0.788. The van der Waals surface area contributed by atoms with Crippen molar-refractivity contribution in [1.82, 2.24) is 4.98 Å². The number of pyridine rings is 1. The molecule has 0 aliphatic heterocycles. The highest BCUT2D eigenvalue weighted by Crippen LogP contribution is 2.13.